The highest BCUT2D eigenvalue weighted by Gasteiger charge is 2.38. The number of hydrogen-bond donors (Lipinski definition) is 1. The minimum absolute atomic E-state index is 0.0221. The van der Waals surface area contributed by atoms with Crippen molar-refractivity contribution in [2.75, 3.05) is 19.0 Å². The summed E-state index contributed by atoms with van der Waals surface area (Å²) in [6, 6.07) is 11.6. The van der Waals surface area contributed by atoms with Crippen molar-refractivity contribution < 1.29 is 32.2 Å². The molecule has 0 spiro atoms. The van der Waals surface area contributed by atoms with Crippen molar-refractivity contribution in [3.8, 4) is 11.5 Å². The van der Waals surface area contributed by atoms with E-state index in [0.717, 1.165) is 17.0 Å². The highest BCUT2D eigenvalue weighted by Crippen LogP contribution is 2.32. The van der Waals surface area contributed by atoms with E-state index in [4.69, 9.17) is 4.74 Å². The van der Waals surface area contributed by atoms with Gasteiger partial charge in [0, 0.05) is 18.3 Å². The highest BCUT2D eigenvalue weighted by molar-refractivity contribution is 6.36. The van der Waals surface area contributed by atoms with Gasteiger partial charge in [0.1, 0.15) is 17.2 Å². The van der Waals surface area contributed by atoms with Crippen LogP contribution in [-0.2, 0) is 9.59 Å². The zero-order valence-corrected chi connectivity index (χ0v) is 15.5. The second kappa shape index (κ2) is 7.86. The Morgan fingerprint density at radius 1 is 1.00 bits per heavy atom. The lowest BCUT2D eigenvalue weighted by Crippen LogP contribution is -2.32. The van der Waals surface area contributed by atoms with Crippen molar-refractivity contribution in [1.29, 1.82) is 0 Å². The number of benzene rings is 2. The third kappa shape index (κ3) is 4.34. The average molecular weight is 406 g/mol. The summed E-state index contributed by atoms with van der Waals surface area (Å²) >= 11 is 0. The van der Waals surface area contributed by atoms with E-state index < -0.39 is 23.9 Å². The lowest BCUT2D eigenvalue weighted by atomic mass is 10.0. The highest BCUT2D eigenvalue weighted by atomic mass is 19.4. The standard InChI is InChI=1S/C20H17F3N2O4/c1-3-25-18(26)16(12-7-9-14(28-2)10-8-12)17(19(25)27)24-13-5-4-6-15(11-13)29-20(21,22)23/h4-11,24H,3H2,1-2H3. The van der Waals surface area contributed by atoms with Gasteiger partial charge in [0.05, 0.1) is 12.7 Å². The first-order valence-corrected chi connectivity index (χ1v) is 8.61. The largest absolute Gasteiger partial charge is 0.573 e. The molecule has 1 aliphatic rings. The number of amides is 2. The van der Waals surface area contributed by atoms with Gasteiger partial charge < -0.3 is 14.8 Å². The SMILES string of the molecule is CCN1C(=O)C(Nc2cccc(OC(F)(F)F)c2)=C(c2ccc(OC)cc2)C1=O. The van der Waals surface area contributed by atoms with Crippen LogP contribution in [0.1, 0.15) is 12.5 Å². The van der Waals surface area contributed by atoms with Crippen LogP contribution in [-0.4, -0.2) is 36.7 Å². The third-order valence-corrected chi connectivity index (χ3v) is 4.20. The lowest BCUT2D eigenvalue weighted by Gasteiger charge is -2.13. The van der Waals surface area contributed by atoms with Crippen LogP contribution in [0.15, 0.2) is 54.2 Å². The molecule has 29 heavy (non-hydrogen) atoms. The van der Waals surface area contributed by atoms with Gasteiger partial charge in [-0.25, -0.2) is 0 Å². The first kappa shape index (κ1) is 20.2. The Morgan fingerprint density at radius 3 is 2.28 bits per heavy atom. The maximum atomic E-state index is 12.8. The number of ether oxygens (including phenoxy) is 2. The predicted octanol–water partition coefficient (Wildman–Crippen LogP) is 3.81. The maximum Gasteiger partial charge on any atom is 0.573 e. The molecule has 0 unspecified atom stereocenters. The smallest absolute Gasteiger partial charge is 0.497 e. The van der Waals surface area contributed by atoms with E-state index in [9.17, 15) is 22.8 Å². The van der Waals surface area contributed by atoms with Gasteiger partial charge in [-0.3, -0.25) is 14.5 Å². The molecule has 0 saturated heterocycles. The monoisotopic (exact) mass is 406 g/mol. The van der Waals surface area contributed by atoms with Crippen LogP contribution in [0, 0.1) is 0 Å². The molecule has 3 rings (SSSR count). The second-order valence-electron chi connectivity index (χ2n) is 6.03. The number of nitrogens with one attached hydrogen (secondary N) is 1. The van der Waals surface area contributed by atoms with Gasteiger partial charge in [0.15, 0.2) is 0 Å². The first-order chi connectivity index (χ1) is 13.7. The van der Waals surface area contributed by atoms with E-state index in [0.29, 0.717) is 11.3 Å². The summed E-state index contributed by atoms with van der Waals surface area (Å²) in [6.45, 7) is 1.81. The van der Waals surface area contributed by atoms with Gasteiger partial charge in [0.25, 0.3) is 11.8 Å². The number of carbonyl (C=O) groups is 2. The minimum Gasteiger partial charge on any atom is -0.497 e. The molecule has 0 aromatic heterocycles. The van der Waals surface area contributed by atoms with Crippen LogP contribution < -0.4 is 14.8 Å². The first-order valence-electron chi connectivity index (χ1n) is 8.61. The number of carbonyl (C=O) groups excluding carboxylic acids is 2. The minimum atomic E-state index is -4.84. The molecule has 0 atom stereocenters. The molecule has 2 amide bonds. The number of alkyl halides is 3. The molecule has 0 bridgehead atoms. The number of halogens is 3. The molecular weight excluding hydrogens is 389 g/mol. The number of nitrogens with zero attached hydrogens (tertiary/aromatic N) is 1. The van der Waals surface area contributed by atoms with Crippen LogP contribution >= 0.6 is 0 Å². The molecule has 9 heteroatoms. The Balaban J connectivity index is 2.00. The van der Waals surface area contributed by atoms with Crippen molar-refractivity contribution >= 4 is 23.1 Å². The van der Waals surface area contributed by atoms with Crippen molar-refractivity contribution in [2.24, 2.45) is 0 Å². The van der Waals surface area contributed by atoms with Crippen LogP contribution in [0.5, 0.6) is 11.5 Å². The van der Waals surface area contributed by atoms with Gasteiger partial charge in [-0.15, -0.1) is 13.2 Å². The van der Waals surface area contributed by atoms with E-state index in [-0.39, 0.29) is 23.5 Å². The predicted molar refractivity (Wildman–Crippen MR) is 99.1 cm³/mol. The van der Waals surface area contributed by atoms with Crippen molar-refractivity contribution in [3.63, 3.8) is 0 Å². The Hall–Kier alpha value is -3.49. The van der Waals surface area contributed by atoms with Crippen molar-refractivity contribution in [3.05, 3.63) is 59.8 Å². The molecule has 1 heterocycles. The summed E-state index contributed by atoms with van der Waals surface area (Å²) < 4.78 is 46.4. The van der Waals surface area contributed by atoms with Crippen LogP contribution in [0.4, 0.5) is 18.9 Å². The van der Waals surface area contributed by atoms with Crippen LogP contribution in [0.3, 0.4) is 0 Å². The maximum absolute atomic E-state index is 12.8. The van der Waals surface area contributed by atoms with E-state index in [2.05, 4.69) is 10.1 Å². The molecule has 0 fully saturated rings. The van der Waals surface area contributed by atoms with E-state index in [1.807, 2.05) is 0 Å². The molecule has 2 aromatic rings. The fraction of sp³-hybridized carbons (Fsp3) is 0.200. The number of likely N-dealkylation sites (N-methyl/N-ethyl adjacent to an activating group) is 1. The van der Waals surface area contributed by atoms with E-state index >= 15 is 0 Å². The van der Waals surface area contributed by atoms with E-state index in [1.54, 1.807) is 31.2 Å². The topological polar surface area (TPSA) is 67.9 Å². The second-order valence-corrected chi connectivity index (χ2v) is 6.03. The third-order valence-electron chi connectivity index (χ3n) is 4.20. The zero-order valence-electron chi connectivity index (χ0n) is 15.5. The Morgan fingerprint density at radius 2 is 1.69 bits per heavy atom. The molecule has 2 aromatic carbocycles. The number of anilines is 1. The number of imide groups is 1. The summed E-state index contributed by atoms with van der Waals surface area (Å²) in [5, 5.41) is 2.78. The fourth-order valence-corrected chi connectivity index (χ4v) is 2.92. The van der Waals surface area contributed by atoms with Gasteiger partial charge in [0.2, 0.25) is 0 Å². The van der Waals surface area contributed by atoms with Crippen LogP contribution in [0.25, 0.3) is 5.57 Å². The molecule has 0 saturated carbocycles. The molecule has 0 radical (unpaired) electrons. The molecule has 1 aliphatic heterocycles. The molecule has 1 N–H and O–H groups in total. The van der Waals surface area contributed by atoms with Gasteiger partial charge in [-0.1, -0.05) is 18.2 Å². The lowest BCUT2D eigenvalue weighted by molar-refractivity contribution is -0.274. The summed E-state index contributed by atoms with van der Waals surface area (Å²) in [5.74, 6) is -0.929. The zero-order chi connectivity index (χ0) is 21.2. The number of hydrogen-bond acceptors (Lipinski definition) is 5. The van der Waals surface area contributed by atoms with E-state index in [1.165, 1.54) is 19.2 Å². The Labute approximate surface area is 164 Å². The number of rotatable bonds is 6. The quantitative estimate of drug-likeness (QED) is 0.739. The fourth-order valence-electron chi connectivity index (χ4n) is 2.92. The Bertz CT molecular complexity index is 968. The summed E-state index contributed by atoms with van der Waals surface area (Å²) in [5.41, 5.74) is 0.755. The number of methoxy groups -OCH3 is 1. The van der Waals surface area contributed by atoms with Gasteiger partial charge in [-0.05, 0) is 36.8 Å². The summed E-state index contributed by atoms with van der Waals surface area (Å²) in [6.07, 6.45) is -4.84. The van der Waals surface area contributed by atoms with Crippen LogP contribution in [0.2, 0.25) is 0 Å². The van der Waals surface area contributed by atoms with Gasteiger partial charge in [-0.2, -0.15) is 0 Å². The molecule has 0 aliphatic carbocycles. The molecular formula is C20H17F3N2O4. The Kier molecular flexibility index (Phi) is 5.49. The molecule has 6 nitrogen and oxygen atoms in total. The normalized spacial score (nSPS) is 14.4. The van der Waals surface area contributed by atoms with Gasteiger partial charge >= 0.3 is 6.36 Å². The summed E-state index contributed by atoms with van der Waals surface area (Å²) in [7, 11) is 1.50. The average Bonchev–Trinajstić information content (AvgIpc) is 2.90. The van der Waals surface area contributed by atoms with Crippen molar-refractivity contribution in [2.45, 2.75) is 13.3 Å². The molecule has 152 valence electrons. The summed E-state index contributed by atoms with van der Waals surface area (Å²) in [4.78, 5) is 26.5. The van der Waals surface area contributed by atoms with Crippen molar-refractivity contribution in [1.82, 2.24) is 4.90 Å².